The van der Waals surface area contributed by atoms with Gasteiger partial charge in [-0.1, -0.05) is 0 Å². The zero-order chi connectivity index (χ0) is 10.7. The highest BCUT2D eigenvalue weighted by atomic mass is 32.1. The monoisotopic (exact) mass is 219 g/mol. The van der Waals surface area contributed by atoms with Crippen LogP contribution in [0.2, 0.25) is 0 Å². The normalized spacial score (nSPS) is 10.5. The maximum Gasteiger partial charge on any atom is 0.123 e. The molecule has 0 bridgehead atoms. The smallest absolute Gasteiger partial charge is 0.123 e. The second-order valence-corrected chi connectivity index (χ2v) is 4.23. The molecule has 2 aromatic rings. The Kier molecular flexibility index (Phi) is 3.08. The zero-order valence-corrected chi connectivity index (χ0v) is 9.42. The van der Waals surface area contributed by atoms with Gasteiger partial charge in [0.1, 0.15) is 5.01 Å². The van der Waals surface area contributed by atoms with Gasteiger partial charge in [-0.2, -0.15) is 0 Å². The van der Waals surface area contributed by atoms with Crippen LogP contribution in [0.15, 0.2) is 23.7 Å². The predicted octanol–water partition coefficient (Wildman–Crippen LogP) is 2.01. The van der Waals surface area contributed by atoms with Crippen LogP contribution in [-0.2, 0) is 6.42 Å². The summed E-state index contributed by atoms with van der Waals surface area (Å²) >= 11 is 1.66. The predicted molar refractivity (Wildman–Crippen MR) is 62.8 cm³/mol. The van der Waals surface area contributed by atoms with Gasteiger partial charge in [-0.25, -0.2) is 4.98 Å². The Hall–Kier alpha value is -1.26. The number of nitrogens with two attached hydrogens (primary N) is 1. The van der Waals surface area contributed by atoms with Gasteiger partial charge in [0.25, 0.3) is 0 Å². The molecular weight excluding hydrogens is 206 g/mol. The fourth-order valence-electron chi connectivity index (χ4n) is 1.38. The molecule has 4 heteroatoms. The minimum Gasteiger partial charge on any atom is -0.330 e. The standard InChI is InChI=1S/C11H13N3S/c1-8-6-9(3-5-13-8)11-14-10(2-4-12)7-15-11/h3,5-7H,2,4,12H2,1H3. The zero-order valence-electron chi connectivity index (χ0n) is 8.60. The molecule has 2 heterocycles. The highest BCUT2D eigenvalue weighted by molar-refractivity contribution is 7.13. The molecule has 0 spiro atoms. The summed E-state index contributed by atoms with van der Waals surface area (Å²) in [5.74, 6) is 0. The highest BCUT2D eigenvalue weighted by Crippen LogP contribution is 2.23. The highest BCUT2D eigenvalue weighted by Gasteiger charge is 2.04. The molecule has 0 fully saturated rings. The molecule has 0 aliphatic carbocycles. The Labute approximate surface area is 93.0 Å². The van der Waals surface area contributed by atoms with Crippen molar-refractivity contribution in [2.75, 3.05) is 6.54 Å². The van der Waals surface area contributed by atoms with Crippen molar-refractivity contribution in [3.05, 3.63) is 35.1 Å². The first-order valence-electron chi connectivity index (χ1n) is 4.87. The molecule has 3 nitrogen and oxygen atoms in total. The minimum absolute atomic E-state index is 0.651. The quantitative estimate of drug-likeness (QED) is 0.859. The van der Waals surface area contributed by atoms with Crippen molar-refractivity contribution < 1.29 is 0 Å². The minimum atomic E-state index is 0.651. The van der Waals surface area contributed by atoms with Crippen LogP contribution in [-0.4, -0.2) is 16.5 Å². The van der Waals surface area contributed by atoms with Crippen LogP contribution in [0.1, 0.15) is 11.4 Å². The van der Waals surface area contributed by atoms with Gasteiger partial charge >= 0.3 is 0 Å². The van der Waals surface area contributed by atoms with Crippen LogP contribution in [0.25, 0.3) is 10.6 Å². The van der Waals surface area contributed by atoms with Gasteiger partial charge in [0, 0.05) is 29.3 Å². The average molecular weight is 219 g/mol. The van der Waals surface area contributed by atoms with Crippen LogP contribution in [0.3, 0.4) is 0 Å². The Morgan fingerprint density at radius 2 is 2.33 bits per heavy atom. The first-order chi connectivity index (χ1) is 7.29. The van der Waals surface area contributed by atoms with Crippen LogP contribution in [0, 0.1) is 6.92 Å². The number of aryl methyl sites for hydroxylation is 1. The molecule has 0 atom stereocenters. The van der Waals surface area contributed by atoms with Gasteiger partial charge < -0.3 is 5.73 Å². The number of aromatic nitrogens is 2. The van der Waals surface area contributed by atoms with Crippen molar-refractivity contribution in [2.45, 2.75) is 13.3 Å². The molecule has 0 amide bonds. The van der Waals surface area contributed by atoms with Gasteiger partial charge in [0.2, 0.25) is 0 Å². The average Bonchev–Trinajstić information content (AvgIpc) is 2.67. The lowest BCUT2D eigenvalue weighted by atomic mass is 10.2. The van der Waals surface area contributed by atoms with Gasteiger partial charge in [-0.3, -0.25) is 4.98 Å². The largest absolute Gasteiger partial charge is 0.330 e. The third-order valence-electron chi connectivity index (χ3n) is 2.10. The molecule has 78 valence electrons. The third kappa shape index (κ3) is 2.40. The van der Waals surface area contributed by atoms with E-state index in [-0.39, 0.29) is 0 Å². The topological polar surface area (TPSA) is 51.8 Å². The number of thiazole rings is 1. The van der Waals surface area contributed by atoms with Crippen molar-refractivity contribution in [2.24, 2.45) is 5.73 Å². The summed E-state index contributed by atoms with van der Waals surface area (Å²) in [5, 5.41) is 3.11. The summed E-state index contributed by atoms with van der Waals surface area (Å²) < 4.78 is 0. The fraction of sp³-hybridized carbons (Fsp3) is 0.273. The van der Waals surface area contributed by atoms with Crippen LogP contribution in [0.5, 0.6) is 0 Å². The van der Waals surface area contributed by atoms with E-state index in [1.54, 1.807) is 11.3 Å². The molecule has 2 rings (SSSR count). The number of pyridine rings is 1. The maximum atomic E-state index is 5.49. The number of nitrogens with zero attached hydrogens (tertiary/aromatic N) is 2. The molecule has 0 saturated carbocycles. The molecule has 0 unspecified atom stereocenters. The van der Waals surface area contributed by atoms with E-state index in [1.807, 2.05) is 25.3 Å². The van der Waals surface area contributed by atoms with Crippen molar-refractivity contribution >= 4 is 11.3 Å². The number of hydrogen-bond donors (Lipinski definition) is 1. The van der Waals surface area contributed by atoms with Gasteiger partial charge in [0.05, 0.1) is 5.69 Å². The lowest BCUT2D eigenvalue weighted by Gasteiger charge is -1.96. The summed E-state index contributed by atoms with van der Waals surface area (Å²) in [5.41, 5.74) is 8.71. The van der Waals surface area contributed by atoms with E-state index in [1.165, 1.54) is 0 Å². The summed E-state index contributed by atoms with van der Waals surface area (Å²) in [6.45, 7) is 2.64. The first kappa shape index (κ1) is 10.3. The Morgan fingerprint density at radius 3 is 3.07 bits per heavy atom. The van der Waals surface area contributed by atoms with E-state index in [0.717, 1.165) is 28.4 Å². The summed E-state index contributed by atoms with van der Waals surface area (Å²) in [6.07, 6.45) is 2.66. The van der Waals surface area contributed by atoms with Gasteiger partial charge in [-0.15, -0.1) is 11.3 Å². The van der Waals surface area contributed by atoms with Gasteiger partial charge in [0.15, 0.2) is 0 Å². The van der Waals surface area contributed by atoms with Crippen molar-refractivity contribution in [3.8, 4) is 10.6 Å². The van der Waals surface area contributed by atoms with Crippen LogP contribution >= 0.6 is 11.3 Å². The van der Waals surface area contributed by atoms with E-state index < -0.39 is 0 Å². The molecule has 0 radical (unpaired) electrons. The second-order valence-electron chi connectivity index (χ2n) is 3.37. The molecular formula is C11H13N3S. The van der Waals surface area contributed by atoms with Crippen molar-refractivity contribution in [3.63, 3.8) is 0 Å². The Morgan fingerprint density at radius 1 is 1.47 bits per heavy atom. The lowest BCUT2D eigenvalue weighted by molar-refractivity contribution is 0.936. The van der Waals surface area contributed by atoms with Crippen molar-refractivity contribution in [1.82, 2.24) is 9.97 Å². The maximum absolute atomic E-state index is 5.49. The SMILES string of the molecule is Cc1cc(-c2nc(CCN)cs2)ccn1. The summed E-state index contributed by atoms with van der Waals surface area (Å²) in [6, 6.07) is 4.03. The van der Waals surface area contributed by atoms with E-state index in [0.29, 0.717) is 6.54 Å². The second kappa shape index (κ2) is 4.51. The molecule has 0 aliphatic heterocycles. The van der Waals surface area contributed by atoms with E-state index in [4.69, 9.17) is 5.73 Å². The Balaban J connectivity index is 2.29. The first-order valence-corrected chi connectivity index (χ1v) is 5.75. The number of hydrogen-bond acceptors (Lipinski definition) is 4. The lowest BCUT2D eigenvalue weighted by Crippen LogP contribution is -2.02. The summed E-state index contributed by atoms with van der Waals surface area (Å²) in [4.78, 5) is 8.69. The fourth-order valence-corrected chi connectivity index (χ4v) is 2.23. The van der Waals surface area contributed by atoms with E-state index >= 15 is 0 Å². The molecule has 0 aromatic carbocycles. The Bertz CT molecular complexity index is 451. The molecule has 2 N–H and O–H groups in total. The van der Waals surface area contributed by atoms with Crippen LogP contribution < -0.4 is 5.73 Å². The van der Waals surface area contributed by atoms with Gasteiger partial charge in [-0.05, 0) is 25.6 Å². The van der Waals surface area contributed by atoms with E-state index in [2.05, 4.69) is 15.3 Å². The molecule has 0 aliphatic rings. The van der Waals surface area contributed by atoms with E-state index in [9.17, 15) is 0 Å². The third-order valence-corrected chi connectivity index (χ3v) is 3.04. The summed E-state index contributed by atoms with van der Waals surface area (Å²) in [7, 11) is 0. The molecule has 15 heavy (non-hydrogen) atoms. The molecule has 0 saturated heterocycles. The molecule has 2 aromatic heterocycles. The number of rotatable bonds is 3. The van der Waals surface area contributed by atoms with Crippen LogP contribution in [0.4, 0.5) is 0 Å². The van der Waals surface area contributed by atoms with Crippen molar-refractivity contribution in [1.29, 1.82) is 0 Å².